The molecule has 0 radical (unpaired) electrons. The first-order chi connectivity index (χ1) is 9.82. The first-order valence-electron chi connectivity index (χ1n) is 7.72. The van der Waals surface area contributed by atoms with Crippen LogP contribution in [0.2, 0.25) is 5.02 Å². The van der Waals surface area contributed by atoms with Crippen molar-refractivity contribution in [2.24, 2.45) is 11.8 Å². The van der Waals surface area contributed by atoms with Crippen LogP contribution >= 0.6 is 11.6 Å². The molecule has 3 heterocycles. The van der Waals surface area contributed by atoms with Crippen LogP contribution in [0.3, 0.4) is 0 Å². The van der Waals surface area contributed by atoms with Crippen molar-refractivity contribution >= 4 is 17.5 Å². The van der Waals surface area contributed by atoms with Crippen LogP contribution in [0.5, 0.6) is 0 Å². The lowest BCUT2D eigenvalue weighted by molar-refractivity contribution is 0.0590. The molecule has 0 saturated carbocycles. The number of amides is 1. The smallest absolute Gasteiger partial charge is 0.271 e. The van der Waals surface area contributed by atoms with Crippen LogP contribution in [0.25, 0.3) is 0 Å². The third kappa shape index (κ3) is 2.29. The highest BCUT2D eigenvalue weighted by Gasteiger charge is 2.51. The van der Waals surface area contributed by atoms with Crippen LogP contribution in [-0.2, 0) is 0 Å². The Morgan fingerprint density at radius 1 is 1.43 bits per heavy atom. The lowest BCUT2D eigenvalue weighted by atomic mass is 9.85. The van der Waals surface area contributed by atoms with Crippen molar-refractivity contribution in [3.8, 4) is 0 Å². The average Bonchev–Trinajstić information content (AvgIpc) is 3.05. The predicted octanol–water partition coefficient (Wildman–Crippen LogP) is 2.79. The molecule has 1 amide bonds. The van der Waals surface area contributed by atoms with Gasteiger partial charge in [0.25, 0.3) is 5.91 Å². The Labute approximate surface area is 131 Å². The molecule has 4 nitrogen and oxygen atoms in total. The molecule has 5 heteroatoms. The van der Waals surface area contributed by atoms with Gasteiger partial charge in [-0.25, -0.2) is 0 Å². The number of carbonyl (C=O) groups is 1. The fourth-order valence-electron chi connectivity index (χ4n) is 3.95. The summed E-state index contributed by atoms with van der Waals surface area (Å²) in [5.74, 6) is 1.22. The van der Waals surface area contributed by atoms with E-state index in [1.54, 1.807) is 6.07 Å². The highest BCUT2D eigenvalue weighted by Crippen LogP contribution is 2.41. The van der Waals surface area contributed by atoms with Gasteiger partial charge in [0.1, 0.15) is 5.69 Å². The Balaban J connectivity index is 1.93. The number of halogens is 1. The third-order valence-electron chi connectivity index (χ3n) is 5.20. The van der Waals surface area contributed by atoms with Crippen LogP contribution in [-0.4, -0.2) is 40.5 Å². The summed E-state index contributed by atoms with van der Waals surface area (Å²) < 4.78 is 1.98. The minimum atomic E-state index is -0.107. The molecule has 1 aromatic heterocycles. The van der Waals surface area contributed by atoms with E-state index in [9.17, 15) is 4.79 Å². The fourth-order valence-corrected chi connectivity index (χ4v) is 4.16. The lowest BCUT2D eigenvalue weighted by Crippen LogP contribution is -2.48. The first-order valence-corrected chi connectivity index (χ1v) is 8.10. The SMILES string of the molecule is CC(C)n1cc(Cl)cc1C(=O)N1CC2CNCC2C1(C)C. The number of nitrogens with one attached hydrogen (secondary N) is 1. The van der Waals surface area contributed by atoms with Gasteiger partial charge in [-0.1, -0.05) is 11.6 Å². The van der Waals surface area contributed by atoms with E-state index < -0.39 is 0 Å². The monoisotopic (exact) mass is 309 g/mol. The van der Waals surface area contributed by atoms with E-state index in [0.717, 1.165) is 19.6 Å². The van der Waals surface area contributed by atoms with Crippen LogP contribution in [0, 0.1) is 11.8 Å². The van der Waals surface area contributed by atoms with E-state index in [2.05, 4.69) is 33.0 Å². The summed E-state index contributed by atoms with van der Waals surface area (Å²) in [5, 5.41) is 4.08. The summed E-state index contributed by atoms with van der Waals surface area (Å²) >= 11 is 6.13. The highest BCUT2D eigenvalue weighted by molar-refractivity contribution is 6.31. The Kier molecular flexibility index (Phi) is 3.57. The largest absolute Gasteiger partial charge is 0.339 e. The molecule has 0 bridgehead atoms. The number of hydrogen-bond donors (Lipinski definition) is 1. The van der Waals surface area contributed by atoms with Gasteiger partial charge < -0.3 is 14.8 Å². The van der Waals surface area contributed by atoms with E-state index in [-0.39, 0.29) is 17.5 Å². The first kappa shape index (κ1) is 14.9. The van der Waals surface area contributed by atoms with Crippen molar-refractivity contribution in [3.05, 3.63) is 23.0 Å². The molecule has 0 spiro atoms. The van der Waals surface area contributed by atoms with E-state index in [4.69, 9.17) is 11.6 Å². The van der Waals surface area contributed by atoms with Crippen molar-refractivity contribution < 1.29 is 4.79 Å². The molecule has 21 heavy (non-hydrogen) atoms. The predicted molar refractivity (Wildman–Crippen MR) is 84.8 cm³/mol. The zero-order chi connectivity index (χ0) is 15.4. The number of likely N-dealkylation sites (tertiary alicyclic amines) is 1. The number of fused-ring (bicyclic) bond motifs is 1. The molecule has 0 aliphatic carbocycles. The summed E-state index contributed by atoms with van der Waals surface area (Å²) in [6.45, 7) is 11.4. The fraction of sp³-hybridized carbons (Fsp3) is 0.688. The van der Waals surface area contributed by atoms with E-state index in [1.165, 1.54) is 0 Å². The lowest BCUT2D eigenvalue weighted by Gasteiger charge is -2.36. The second-order valence-corrected chi connectivity index (χ2v) is 7.58. The molecule has 2 fully saturated rings. The number of rotatable bonds is 2. The normalized spacial score (nSPS) is 27.4. The van der Waals surface area contributed by atoms with Gasteiger partial charge in [0.05, 0.1) is 5.02 Å². The highest BCUT2D eigenvalue weighted by atomic mass is 35.5. The summed E-state index contributed by atoms with van der Waals surface area (Å²) in [6, 6.07) is 2.02. The van der Waals surface area contributed by atoms with Gasteiger partial charge in [0.15, 0.2) is 0 Å². The minimum absolute atomic E-state index is 0.106. The quantitative estimate of drug-likeness (QED) is 0.912. The number of hydrogen-bond acceptors (Lipinski definition) is 2. The van der Waals surface area contributed by atoms with Gasteiger partial charge in [-0.3, -0.25) is 4.79 Å². The van der Waals surface area contributed by atoms with E-state index >= 15 is 0 Å². The maximum Gasteiger partial charge on any atom is 0.271 e. The third-order valence-corrected chi connectivity index (χ3v) is 5.40. The number of aromatic nitrogens is 1. The van der Waals surface area contributed by atoms with E-state index in [1.807, 2.05) is 15.7 Å². The van der Waals surface area contributed by atoms with Gasteiger partial charge in [0, 0.05) is 37.4 Å². The van der Waals surface area contributed by atoms with Crippen LogP contribution in [0.4, 0.5) is 0 Å². The van der Waals surface area contributed by atoms with Gasteiger partial charge in [-0.15, -0.1) is 0 Å². The second-order valence-electron chi connectivity index (χ2n) is 7.14. The molecule has 1 aromatic rings. The van der Waals surface area contributed by atoms with Crippen molar-refractivity contribution in [2.75, 3.05) is 19.6 Å². The molecule has 2 atom stereocenters. The molecule has 2 saturated heterocycles. The minimum Gasteiger partial charge on any atom is -0.339 e. The van der Waals surface area contributed by atoms with Crippen LogP contribution in [0.1, 0.15) is 44.2 Å². The molecular weight excluding hydrogens is 286 g/mol. The Bertz CT molecular complexity index is 564. The van der Waals surface area contributed by atoms with Crippen molar-refractivity contribution in [1.29, 1.82) is 0 Å². The van der Waals surface area contributed by atoms with Gasteiger partial charge in [-0.2, -0.15) is 0 Å². The summed E-state index contributed by atoms with van der Waals surface area (Å²) in [7, 11) is 0. The summed E-state index contributed by atoms with van der Waals surface area (Å²) in [5.41, 5.74) is 0.597. The molecule has 2 aliphatic heterocycles. The van der Waals surface area contributed by atoms with Gasteiger partial charge in [-0.05, 0) is 45.6 Å². The molecular formula is C16H24ClN3O. The summed E-state index contributed by atoms with van der Waals surface area (Å²) in [4.78, 5) is 15.1. The van der Waals surface area contributed by atoms with Gasteiger partial charge in [0.2, 0.25) is 0 Å². The Morgan fingerprint density at radius 3 is 2.76 bits per heavy atom. The molecule has 3 rings (SSSR count). The zero-order valence-electron chi connectivity index (χ0n) is 13.2. The average molecular weight is 310 g/mol. The van der Waals surface area contributed by atoms with E-state index in [0.29, 0.717) is 22.6 Å². The Hall–Kier alpha value is -1.00. The van der Waals surface area contributed by atoms with Crippen molar-refractivity contribution in [2.45, 2.75) is 39.3 Å². The standard InChI is InChI=1S/C16H24ClN3O/c1-10(2)19-9-12(17)5-14(19)15(21)20-8-11-6-18-7-13(11)16(20,3)4/h5,9-11,13,18H,6-8H2,1-4H3. The maximum atomic E-state index is 13.1. The van der Waals surface area contributed by atoms with Gasteiger partial charge >= 0.3 is 0 Å². The number of nitrogens with zero attached hydrogens (tertiary/aromatic N) is 2. The number of carbonyl (C=O) groups excluding carboxylic acids is 1. The Morgan fingerprint density at radius 2 is 2.14 bits per heavy atom. The van der Waals surface area contributed by atoms with Crippen molar-refractivity contribution in [3.63, 3.8) is 0 Å². The zero-order valence-corrected chi connectivity index (χ0v) is 13.9. The van der Waals surface area contributed by atoms with Crippen LogP contribution < -0.4 is 5.32 Å². The second kappa shape index (κ2) is 5.03. The molecule has 2 aliphatic rings. The van der Waals surface area contributed by atoms with Crippen molar-refractivity contribution in [1.82, 2.24) is 14.8 Å². The molecule has 1 N–H and O–H groups in total. The molecule has 0 aromatic carbocycles. The molecule has 116 valence electrons. The van der Waals surface area contributed by atoms with Crippen LogP contribution in [0.15, 0.2) is 12.3 Å². The molecule has 2 unspecified atom stereocenters. The maximum absolute atomic E-state index is 13.1. The topological polar surface area (TPSA) is 37.3 Å². The summed E-state index contributed by atoms with van der Waals surface area (Å²) in [6.07, 6.45) is 1.85.